The Kier molecular flexibility index (Phi) is 5.78. The Morgan fingerprint density at radius 3 is 2.72 bits per heavy atom. The highest BCUT2D eigenvalue weighted by Gasteiger charge is 2.30. The van der Waals surface area contributed by atoms with Gasteiger partial charge in [-0.15, -0.1) is 0 Å². The van der Waals surface area contributed by atoms with Crippen LogP contribution in [0.5, 0.6) is 0 Å². The third-order valence-corrected chi connectivity index (χ3v) is 4.72. The molecule has 1 saturated heterocycles. The number of hydrogen-bond donors (Lipinski definition) is 2. The van der Waals surface area contributed by atoms with Gasteiger partial charge in [0.15, 0.2) is 0 Å². The van der Waals surface area contributed by atoms with Gasteiger partial charge >= 0.3 is 12.0 Å². The fourth-order valence-corrected chi connectivity index (χ4v) is 3.23. The van der Waals surface area contributed by atoms with E-state index in [1.807, 2.05) is 18.7 Å². The molecule has 0 radical (unpaired) electrons. The summed E-state index contributed by atoms with van der Waals surface area (Å²) in [6, 6.07) is -0.160. The molecular formula is C12H22N2O3S. The Hall–Kier alpha value is -0.910. The first kappa shape index (κ1) is 15.1. The molecule has 5 nitrogen and oxygen atoms in total. The van der Waals surface area contributed by atoms with Crippen molar-refractivity contribution in [3.8, 4) is 0 Å². The highest BCUT2D eigenvalue weighted by atomic mass is 32.2. The van der Waals surface area contributed by atoms with Crippen LogP contribution in [0.4, 0.5) is 4.79 Å². The lowest BCUT2D eigenvalue weighted by Gasteiger charge is -2.26. The number of urea groups is 1. The number of carbonyl (C=O) groups excluding carboxylic acids is 1. The molecule has 1 aliphatic rings. The van der Waals surface area contributed by atoms with Gasteiger partial charge < -0.3 is 15.3 Å². The first-order valence-electron chi connectivity index (χ1n) is 6.35. The number of aliphatic carboxylic acids is 1. The first-order valence-corrected chi connectivity index (χ1v) is 7.34. The van der Waals surface area contributed by atoms with Crippen LogP contribution in [0, 0.1) is 0 Å². The number of carboxylic acids is 1. The van der Waals surface area contributed by atoms with Crippen molar-refractivity contribution in [1.29, 1.82) is 0 Å². The predicted molar refractivity (Wildman–Crippen MR) is 73.0 cm³/mol. The van der Waals surface area contributed by atoms with E-state index in [9.17, 15) is 9.59 Å². The van der Waals surface area contributed by atoms with Gasteiger partial charge in [0.1, 0.15) is 0 Å². The molecule has 104 valence electrons. The average molecular weight is 274 g/mol. The van der Waals surface area contributed by atoms with Crippen molar-refractivity contribution >= 4 is 23.8 Å². The minimum absolute atomic E-state index is 0.00667. The minimum atomic E-state index is -0.875. The number of hydrogen-bond acceptors (Lipinski definition) is 3. The van der Waals surface area contributed by atoms with Crippen LogP contribution in [-0.4, -0.2) is 52.1 Å². The highest BCUT2D eigenvalue weighted by Crippen LogP contribution is 2.36. The van der Waals surface area contributed by atoms with Crippen LogP contribution in [0.25, 0.3) is 0 Å². The zero-order valence-electron chi connectivity index (χ0n) is 11.1. The average Bonchev–Trinajstić information content (AvgIpc) is 2.74. The van der Waals surface area contributed by atoms with Gasteiger partial charge in [-0.05, 0) is 32.4 Å². The summed E-state index contributed by atoms with van der Waals surface area (Å²) in [6.07, 6.45) is 2.32. The van der Waals surface area contributed by atoms with E-state index in [2.05, 4.69) is 12.2 Å². The number of nitrogens with zero attached hydrogens (tertiary/aromatic N) is 1. The molecule has 0 spiro atoms. The Morgan fingerprint density at radius 2 is 2.22 bits per heavy atom. The van der Waals surface area contributed by atoms with Crippen LogP contribution >= 0.6 is 11.8 Å². The predicted octanol–water partition coefficient (Wildman–Crippen LogP) is 1.78. The second-order valence-electron chi connectivity index (χ2n) is 4.78. The molecule has 0 aromatic rings. The number of carboxylic acid groups (broad SMARTS) is 1. The van der Waals surface area contributed by atoms with E-state index >= 15 is 0 Å². The summed E-state index contributed by atoms with van der Waals surface area (Å²) in [4.78, 5) is 23.9. The minimum Gasteiger partial charge on any atom is -0.481 e. The third-order valence-electron chi connectivity index (χ3n) is 3.18. The fraction of sp³-hybridized carbons (Fsp3) is 0.833. The lowest BCUT2D eigenvalue weighted by atomic mass is 10.1. The van der Waals surface area contributed by atoms with Crippen molar-refractivity contribution in [1.82, 2.24) is 10.2 Å². The molecule has 1 aliphatic heterocycles. The van der Waals surface area contributed by atoms with E-state index in [4.69, 9.17) is 5.11 Å². The lowest BCUT2D eigenvalue weighted by Crippen LogP contribution is -2.45. The summed E-state index contributed by atoms with van der Waals surface area (Å²) in [5, 5.41) is 11.5. The molecule has 0 saturated carbocycles. The van der Waals surface area contributed by atoms with Gasteiger partial charge in [-0.2, -0.15) is 11.8 Å². The molecule has 0 aliphatic carbocycles. The zero-order chi connectivity index (χ0) is 13.6. The van der Waals surface area contributed by atoms with Gasteiger partial charge in [-0.1, -0.05) is 0 Å². The van der Waals surface area contributed by atoms with Crippen LogP contribution in [0.3, 0.4) is 0 Å². The molecule has 2 N–H and O–H groups in total. The second kappa shape index (κ2) is 6.87. The number of carbonyl (C=O) groups is 2. The van der Waals surface area contributed by atoms with Crippen molar-refractivity contribution in [2.75, 3.05) is 25.4 Å². The maximum Gasteiger partial charge on any atom is 0.317 e. The smallest absolute Gasteiger partial charge is 0.317 e. The zero-order valence-corrected chi connectivity index (χ0v) is 11.9. The number of rotatable bonds is 6. The van der Waals surface area contributed by atoms with Crippen LogP contribution < -0.4 is 5.32 Å². The van der Waals surface area contributed by atoms with E-state index in [0.717, 1.165) is 12.2 Å². The molecule has 1 rings (SSSR count). The van der Waals surface area contributed by atoms with Gasteiger partial charge in [0.25, 0.3) is 0 Å². The highest BCUT2D eigenvalue weighted by molar-refractivity contribution is 8.00. The van der Waals surface area contributed by atoms with Crippen molar-refractivity contribution in [2.45, 2.75) is 37.9 Å². The summed E-state index contributed by atoms with van der Waals surface area (Å²) in [5.74, 6) is 0.280. The van der Waals surface area contributed by atoms with Crippen molar-refractivity contribution in [3.63, 3.8) is 0 Å². The van der Waals surface area contributed by atoms with Gasteiger partial charge in [0.2, 0.25) is 0 Å². The summed E-state index contributed by atoms with van der Waals surface area (Å²) >= 11 is 1.90. The number of amides is 2. The van der Waals surface area contributed by atoms with Gasteiger partial charge in [0, 0.05) is 24.4 Å². The molecule has 1 unspecified atom stereocenters. The van der Waals surface area contributed by atoms with Crippen molar-refractivity contribution in [3.05, 3.63) is 0 Å². The van der Waals surface area contributed by atoms with E-state index in [0.29, 0.717) is 13.1 Å². The molecule has 1 atom stereocenters. The molecule has 0 aromatic heterocycles. The molecule has 1 fully saturated rings. The molecular weight excluding hydrogens is 252 g/mol. The number of nitrogens with one attached hydrogen (secondary N) is 1. The molecule has 0 aromatic carbocycles. The topological polar surface area (TPSA) is 69.6 Å². The Labute approximate surface area is 112 Å². The van der Waals surface area contributed by atoms with Gasteiger partial charge in [0.05, 0.1) is 6.42 Å². The van der Waals surface area contributed by atoms with Gasteiger partial charge in [-0.3, -0.25) is 4.79 Å². The van der Waals surface area contributed by atoms with E-state index < -0.39 is 5.97 Å². The van der Waals surface area contributed by atoms with E-state index in [-0.39, 0.29) is 23.7 Å². The summed E-state index contributed by atoms with van der Waals surface area (Å²) in [5.41, 5.74) is 0. The van der Waals surface area contributed by atoms with Crippen LogP contribution in [0.1, 0.15) is 33.1 Å². The van der Waals surface area contributed by atoms with Crippen LogP contribution in [0.2, 0.25) is 0 Å². The second-order valence-corrected chi connectivity index (χ2v) is 6.47. The fourth-order valence-electron chi connectivity index (χ4n) is 1.98. The summed E-state index contributed by atoms with van der Waals surface area (Å²) in [6.45, 7) is 5.47. The molecule has 6 heteroatoms. The van der Waals surface area contributed by atoms with Crippen molar-refractivity contribution in [2.24, 2.45) is 0 Å². The summed E-state index contributed by atoms with van der Waals surface area (Å²) in [7, 11) is 0. The molecule has 1 heterocycles. The third kappa shape index (κ3) is 4.76. The normalized spacial score (nSPS) is 22.8. The lowest BCUT2D eigenvalue weighted by molar-refractivity contribution is -0.137. The molecule has 0 bridgehead atoms. The Morgan fingerprint density at radius 1 is 1.50 bits per heavy atom. The number of thioether (sulfide) groups is 1. The van der Waals surface area contributed by atoms with Gasteiger partial charge in [-0.25, -0.2) is 4.79 Å². The summed E-state index contributed by atoms with van der Waals surface area (Å²) < 4.78 is 0.141. The first-order chi connectivity index (χ1) is 8.47. The van der Waals surface area contributed by atoms with Crippen LogP contribution in [0.15, 0.2) is 0 Å². The molecule has 2 amide bonds. The maximum absolute atomic E-state index is 11.9. The van der Waals surface area contributed by atoms with E-state index in [1.165, 1.54) is 11.3 Å². The Balaban J connectivity index is 2.35. The monoisotopic (exact) mass is 274 g/mol. The maximum atomic E-state index is 11.9. The SMILES string of the molecule is CCN(CCC(=O)O)C(=O)NCC1(C)CCCS1. The standard InChI is InChI=1S/C12H22N2O3S/c1-3-14(7-5-10(15)16)11(17)13-9-12(2)6-4-8-18-12/h3-9H2,1-2H3,(H,13,17)(H,15,16). The Bertz CT molecular complexity index is 304. The van der Waals surface area contributed by atoms with E-state index in [1.54, 1.807) is 0 Å². The largest absolute Gasteiger partial charge is 0.481 e. The van der Waals surface area contributed by atoms with Crippen LogP contribution in [-0.2, 0) is 4.79 Å². The quantitative estimate of drug-likeness (QED) is 0.774. The molecule has 18 heavy (non-hydrogen) atoms. The van der Waals surface area contributed by atoms with Crippen molar-refractivity contribution < 1.29 is 14.7 Å².